The maximum absolute atomic E-state index is 13.2. The zero-order chi connectivity index (χ0) is 23.0. The third-order valence-electron chi connectivity index (χ3n) is 5.42. The summed E-state index contributed by atoms with van der Waals surface area (Å²) < 4.78 is 0. The molecule has 2 atom stereocenters. The minimum Gasteiger partial charge on any atom is -0.352 e. The number of carbonyl (C=O) groups is 2. The summed E-state index contributed by atoms with van der Waals surface area (Å²) in [4.78, 5) is 27.6. The highest BCUT2D eigenvalue weighted by Crippen LogP contribution is 2.18. The van der Waals surface area contributed by atoms with Crippen molar-refractivity contribution in [2.75, 3.05) is 5.75 Å². The van der Waals surface area contributed by atoms with E-state index in [-0.39, 0.29) is 17.9 Å². The van der Waals surface area contributed by atoms with E-state index in [1.807, 2.05) is 52.0 Å². The summed E-state index contributed by atoms with van der Waals surface area (Å²) in [6.45, 7) is 12.5. The second-order valence-electron chi connectivity index (χ2n) is 8.49. The molecule has 0 aliphatic carbocycles. The second kappa shape index (κ2) is 11.9. The normalized spacial score (nSPS) is 12.8. The predicted octanol–water partition coefficient (Wildman–Crippen LogP) is 5.18. The Morgan fingerprint density at radius 1 is 0.935 bits per heavy atom. The minimum absolute atomic E-state index is 0.0123. The fourth-order valence-corrected chi connectivity index (χ4v) is 4.27. The Labute approximate surface area is 191 Å². The number of carbonyl (C=O) groups excluding carboxylic acids is 2. The Morgan fingerprint density at radius 2 is 1.55 bits per heavy atom. The molecule has 0 bridgehead atoms. The third kappa shape index (κ3) is 8.06. The molecule has 0 heterocycles. The Hall–Kier alpha value is -2.27. The predicted molar refractivity (Wildman–Crippen MR) is 131 cm³/mol. The van der Waals surface area contributed by atoms with Crippen LogP contribution in [-0.2, 0) is 21.9 Å². The molecular formula is C26H36N2O2S. The summed E-state index contributed by atoms with van der Waals surface area (Å²) >= 11 is 1.60. The molecule has 0 spiro atoms. The van der Waals surface area contributed by atoms with Crippen molar-refractivity contribution < 1.29 is 9.59 Å². The van der Waals surface area contributed by atoms with Crippen LogP contribution in [-0.4, -0.2) is 34.6 Å². The summed E-state index contributed by atoms with van der Waals surface area (Å²) in [6.07, 6.45) is 0.857. The van der Waals surface area contributed by atoms with E-state index < -0.39 is 6.04 Å². The van der Waals surface area contributed by atoms with Crippen molar-refractivity contribution in [3.05, 3.63) is 70.3 Å². The van der Waals surface area contributed by atoms with Gasteiger partial charge < -0.3 is 10.2 Å². The van der Waals surface area contributed by atoms with Gasteiger partial charge in [-0.2, -0.15) is 0 Å². The Kier molecular flexibility index (Phi) is 9.63. The average molecular weight is 441 g/mol. The van der Waals surface area contributed by atoms with Crippen LogP contribution < -0.4 is 5.32 Å². The van der Waals surface area contributed by atoms with E-state index in [1.165, 1.54) is 22.3 Å². The van der Waals surface area contributed by atoms with Crippen molar-refractivity contribution in [2.45, 2.75) is 72.3 Å². The summed E-state index contributed by atoms with van der Waals surface area (Å²) in [6, 6.07) is 14.2. The third-order valence-corrected chi connectivity index (χ3v) is 6.41. The first kappa shape index (κ1) is 25.0. The van der Waals surface area contributed by atoms with Gasteiger partial charge in [0.05, 0.1) is 5.75 Å². The zero-order valence-electron chi connectivity index (χ0n) is 19.7. The molecule has 0 saturated heterocycles. The maximum atomic E-state index is 13.2. The van der Waals surface area contributed by atoms with E-state index >= 15 is 0 Å². The monoisotopic (exact) mass is 440 g/mol. The van der Waals surface area contributed by atoms with Gasteiger partial charge in [0.25, 0.3) is 0 Å². The van der Waals surface area contributed by atoms with Crippen LogP contribution in [0.3, 0.4) is 0 Å². The van der Waals surface area contributed by atoms with Gasteiger partial charge in [0.1, 0.15) is 6.04 Å². The Morgan fingerprint density at radius 3 is 2.13 bits per heavy atom. The van der Waals surface area contributed by atoms with Crippen LogP contribution in [0.1, 0.15) is 55.0 Å². The quantitative estimate of drug-likeness (QED) is 0.554. The summed E-state index contributed by atoms with van der Waals surface area (Å²) in [5.74, 6) is 1.01. The number of rotatable bonds is 10. The van der Waals surface area contributed by atoms with Crippen molar-refractivity contribution in [3.8, 4) is 0 Å². The lowest BCUT2D eigenvalue weighted by atomic mass is 10.1. The molecule has 0 aliphatic heterocycles. The number of aryl methyl sites for hydroxylation is 3. The number of hydrogen-bond acceptors (Lipinski definition) is 3. The molecule has 168 valence electrons. The van der Waals surface area contributed by atoms with Gasteiger partial charge in [-0.15, -0.1) is 11.8 Å². The van der Waals surface area contributed by atoms with Crippen LogP contribution in [0.5, 0.6) is 0 Å². The van der Waals surface area contributed by atoms with Gasteiger partial charge in [-0.1, -0.05) is 66.1 Å². The van der Waals surface area contributed by atoms with E-state index in [1.54, 1.807) is 16.7 Å². The maximum Gasteiger partial charge on any atom is 0.242 e. The first-order valence-corrected chi connectivity index (χ1v) is 12.1. The number of hydrogen-bond donors (Lipinski definition) is 1. The number of thioether (sulfide) groups is 1. The standard InChI is InChI=1S/C26H36N2O2S/c1-7-21(5)27-26(30)22(6)28(15-23-10-8-18(2)9-11-23)25(29)17-31-16-24-13-19(3)12-20(4)14-24/h8-14,21-22H,7,15-17H2,1-6H3,(H,27,30). The molecule has 2 rings (SSSR count). The second-order valence-corrected chi connectivity index (χ2v) is 9.48. The van der Waals surface area contributed by atoms with E-state index in [0.717, 1.165) is 17.7 Å². The van der Waals surface area contributed by atoms with Gasteiger partial charge >= 0.3 is 0 Å². The van der Waals surface area contributed by atoms with Gasteiger partial charge in [0.2, 0.25) is 11.8 Å². The number of nitrogens with zero attached hydrogens (tertiary/aromatic N) is 1. The summed E-state index contributed by atoms with van der Waals surface area (Å²) in [5, 5.41) is 3.01. The number of amides is 2. The first-order valence-electron chi connectivity index (χ1n) is 11.0. The molecule has 0 saturated carbocycles. The van der Waals surface area contributed by atoms with E-state index in [0.29, 0.717) is 12.3 Å². The van der Waals surface area contributed by atoms with Crippen LogP contribution in [0.2, 0.25) is 0 Å². The van der Waals surface area contributed by atoms with E-state index in [2.05, 4.69) is 37.4 Å². The molecule has 2 amide bonds. The molecule has 0 radical (unpaired) electrons. The summed E-state index contributed by atoms with van der Waals surface area (Å²) in [5.41, 5.74) is 5.90. The summed E-state index contributed by atoms with van der Waals surface area (Å²) in [7, 11) is 0. The average Bonchev–Trinajstić information content (AvgIpc) is 2.71. The number of benzene rings is 2. The topological polar surface area (TPSA) is 49.4 Å². The molecular weight excluding hydrogens is 404 g/mol. The fraction of sp³-hybridized carbons (Fsp3) is 0.462. The van der Waals surface area contributed by atoms with Crippen LogP contribution in [0.25, 0.3) is 0 Å². The zero-order valence-corrected chi connectivity index (χ0v) is 20.5. The van der Waals surface area contributed by atoms with Gasteiger partial charge in [-0.05, 0) is 52.2 Å². The molecule has 5 heteroatoms. The SMILES string of the molecule is CCC(C)NC(=O)C(C)N(Cc1ccc(C)cc1)C(=O)CSCc1cc(C)cc(C)c1. The van der Waals surface area contributed by atoms with Gasteiger partial charge in [-0.3, -0.25) is 9.59 Å². The van der Waals surface area contributed by atoms with Crippen molar-refractivity contribution >= 4 is 23.6 Å². The minimum atomic E-state index is -0.524. The highest BCUT2D eigenvalue weighted by Gasteiger charge is 2.26. The molecule has 2 unspecified atom stereocenters. The smallest absolute Gasteiger partial charge is 0.242 e. The number of nitrogens with one attached hydrogen (secondary N) is 1. The Balaban J connectivity index is 2.08. The largest absolute Gasteiger partial charge is 0.352 e. The lowest BCUT2D eigenvalue weighted by Crippen LogP contribution is -2.50. The van der Waals surface area contributed by atoms with Crippen LogP contribution >= 0.6 is 11.8 Å². The van der Waals surface area contributed by atoms with Crippen LogP contribution in [0, 0.1) is 20.8 Å². The van der Waals surface area contributed by atoms with Gasteiger partial charge in [0, 0.05) is 18.3 Å². The molecule has 1 N–H and O–H groups in total. The molecule has 0 aliphatic rings. The lowest BCUT2D eigenvalue weighted by molar-refractivity contribution is -0.138. The highest BCUT2D eigenvalue weighted by atomic mass is 32.2. The molecule has 2 aromatic carbocycles. The van der Waals surface area contributed by atoms with Gasteiger partial charge in [0.15, 0.2) is 0 Å². The van der Waals surface area contributed by atoms with Gasteiger partial charge in [-0.25, -0.2) is 0 Å². The lowest BCUT2D eigenvalue weighted by Gasteiger charge is -2.29. The first-order chi connectivity index (χ1) is 14.7. The molecule has 31 heavy (non-hydrogen) atoms. The molecule has 0 fully saturated rings. The molecule has 2 aromatic rings. The fourth-order valence-electron chi connectivity index (χ4n) is 3.43. The molecule has 0 aromatic heterocycles. The van der Waals surface area contributed by atoms with E-state index in [9.17, 15) is 9.59 Å². The van der Waals surface area contributed by atoms with Crippen LogP contribution in [0.15, 0.2) is 42.5 Å². The van der Waals surface area contributed by atoms with Crippen molar-refractivity contribution in [3.63, 3.8) is 0 Å². The van der Waals surface area contributed by atoms with Crippen molar-refractivity contribution in [1.82, 2.24) is 10.2 Å². The van der Waals surface area contributed by atoms with E-state index in [4.69, 9.17) is 0 Å². The molecule has 4 nitrogen and oxygen atoms in total. The van der Waals surface area contributed by atoms with Crippen molar-refractivity contribution in [1.29, 1.82) is 0 Å². The van der Waals surface area contributed by atoms with Crippen molar-refractivity contribution in [2.24, 2.45) is 0 Å². The van der Waals surface area contributed by atoms with Crippen LogP contribution in [0.4, 0.5) is 0 Å². The highest BCUT2D eigenvalue weighted by molar-refractivity contribution is 7.99. The Bertz CT molecular complexity index is 859.